The van der Waals surface area contributed by atoms with Crippen molar-refractivity contribution in [3.05, 3.63) is 17.9 Å². The topological polar surface area (TPSA) is 104 Å². The highest BCUT2D eigenvalue weighted by Crippen LogP contribution is 2.28. The van der Waals surface area contributed by atoms with E-state index in [1.807, 2.05) is 0 Å². The molecule has 0 saturated carbocycles. The predicted molar refractivity (Wildman–Crippen MR) is 59.2 cm³/mol. The molecule has 7 nitrogen and oxygen atoms in total. The van der Waals surface area contributed by atoms with E-state index in [1.54, 1.807) is 0 Å². The molecule has 10 heteroatoms. The number of allylic oxidation sites excluding steroid dienone is 1. The Morgan fingerprint density at radius 1 is 1.50 bits per heavy atom. The van der Waals surface area contributed by atoms with Gasteiger partial charge in [-0.05, 0) is 13.0 Å². The molecule has 0 saturated heterocycles. The van der Waals surface area contributed by atoms with Crippen LogP contribution in [-0.4, -0.2) is 34.3 Å². The molecule has 0 spiro atoms. The van der Waals surface area contributed by atoms with E-state index in [4.69, 9.17) is 10.2 Å². The van der Waals surface area contributed by atoms with E-state index in [0.717, 1.165) is 0 Å². The summed E-state index contributed by atoms with van der Waals surface area (Å²) in [4.78, 5) is 14.6. The van der Waals surface area contributed by atoms with Crippen LogP contribution in [0.1, 0.15) is 18.7 Å². The van der Waals surface area contributed by atoms with E-state index in [0.29, 0.717) is 5.71 Å². The standard InChI is InChI=1S/C10H9F3N4O3/c1-4-2-5(8-17-16-6(3-14)19-8)7(15-4)20-9(18)10(11,12)13/h2,7H,3,14H2,1H3. The Kier molecular flexibility index (Phi) is 3.57. The number of rotatable bonds is 3. The second-order valence-corrected chi connectivity index (χ2v) is 3.83. The van der Waals surface area contributed by atoms with Crippen molar-refractivity contribution in [3.63, 3.8) is 0 Å². The number of esters is 1. The summed E-state index contributed by atoms with van der Waals surface area (Å²) < 4.78 is 45.9. The van der Waals surface area contributed by atoms with Crippen molar-refractivity contribution in [1.29, 1.82) is 0 Å². The molecule has 1 aromatic rings. The number of carbonyl (C=O) groups excluding carboxylic acids is 1. The van der Waals surface area contributed by atoms with Crippen LogP contribution in [0.25, 0.3) is 5.57 Å². The fraction of sp³-hybridized carbons (Fsp3) is 0.400. The van der Waals surface area contributed by atoms with Crippen LogP contribution in [0.2, 0.25) is 0 Å². The summed E-state index contributed by atoms with van der Waals surface area (Å²) >= 11 is 0. The number of nitrogens with two attached hydrogens (primary N) is 1. The molecule has 2 N–H and O–H groups in total. The van der Waals surface area contributed by atoms with Crippen molar-refractivity contribution in [2.75, 3.05) is 0 Å². The van der Waals surface area contributed by atoms with Gasteiger partial charge in [-0.3, -0.25) is 0 Å². The lowest BCUT2D eigenvalue weighted by Gasteiger charge is -2.12. The Bertz CT molecular complexity index is 591. The maximum absolute atomic E-state index is 12.2. The molecular weight excluding hydrogens is 281 g/mol. The zero-order valence-electron chi connectivity index (χ0n) is 10.1. The second kappa shape index (κ2) is 5.04. The largest absolute Gasteiger partial charge is 0.491 e. The van der Waals surface area contributed by atoms with Crippen molar-refractivity contribution >= 4 is 17.3 Å². The number of aliphatic imine (C=N–C) groups is 1. The molecule has 2 rings (SSSR count). The zero-order chi connectivity index (χ0) is 14.9. The van der Waals surface area contributed by atoms with Crippen molar-refractivity contribution in [2.45, 2.75) is 25.9 Å². The summed E-state index contributed by atoms with van der Waals surface area (Å²) in [7, 11) is 0. The number of aromatic nitrogens is 2. The van der Waals surface area contributed by atoms with Crippen LogP contribution < -0.4 is 5.73 Å². The summed E-state index contributed by atoms with van der Waals surface area (Å²) in [6.07, 6.45) is -5.17. The molecule has 0 amide bonds. The van der Waals surface area contributed by atoms with E-state index < -0.39 is 18.4 Å². The zero-order valence-corrected chi connectivity index (χ0v) is 10.1. The minimum atomic E-state index is -5.10. The molecule has 0 aliphatic carbocycles. The van der Waals surface area contributed by atoms with Crippen LogP contribution in [0, 0.1) is 0 Å². The average Bonchev–Trinajstić information content (AvgIpc) is 2.94. The quantitative estimate of drug-likeness (QED) is 0.826. The van der Waals surface area contributed by atoms with Crippen LogP contribution >= 0.6 is 0 Å². The summed E-state index contributed by atoms with van der Waals surface area (Å²) in [5.41, 5.74) is 5.73. The van der Waals surface area contributed by atoms with E-state index in [-0.39, 0.29) is 23.9 Å². The third-order valence-corrected chi connectivity index (χ3v) is 2.29. The molecule has 1 aliphatic heterocycles. The molecule has 1 aliphatic rings. The lowest BCUT2D eigenvalue weighted by molar-refractivity contribution is -0.202. The molecule has 0 aromatic carbocycles. The smallest absolute Gasteiger partial charge is 0.428 e. The minimum Gasteiger partial charge on any atom is -0.428 e. The normalized spacial score (nSPS) is 18.8. The second-order valence-electron chi connectivity index (χ2n) is 3.83. The monoisotopic (exact) mass is 290 g/mol. The molecule has 1 atom stereocenters. The lowest BCUT2D eigenvalue weighted by Crippen LogP contribution is -2.29. The van der Waals surface area contributed by atoms with Gasteiger partial charge in [0.25, 0.3) is 0 Å². The van der Waals surface area contributed by atoms with Crippen molar-refractivity contribution in [1.82, 2.24) is 10.2 Å². The molecule has 0 bridgehead atoms. The van der Waals surface area contributed by atoms with E-state index in [2.05, 4.69) is 19.9 Å². The maximum Gasteiger partial charge on any atom is 0.491 e. The van der Waals surface area contributed by atoms with Gasteiger partial charge in [-0.1, -0.05) is 0 Å². The van der Waals surface area contributed by atoms with Gasteiger partial charge in [0.2, 0.25) is 18.0 Å². The first kappa shape index (κ1) is 14.2. The minimum absolute atomic E-state index is 0.0207. The highest BCUT2D eigenvalue weighted by Gasteiger charge is 2.43. The molecule has 0 fully saturated rings. The number of carbonyl (C=O) groups is 1. The SMILES string of the molecule is CC1=NC(OC(=O)C(F)(F)F)C(c2nnc(CN)o2)=C1. The fourth-order valence-electron chi connectivity index (χ4n) is 1.47. The predicted octanol–water partition coefficient (Wildman–Crippen LogP) is 0.818. The van der Waals surface area contributed by atoms with Gasteiger partial charge in [0.1, 0.15) is 0 Å². The van der Waals surface area contributed by atoms with Gasteiger partial charge >= 0.3 is 12.1 Å². The molecule has 0 radical (unpaired) electrons. The summed E-state index contributed by atoms with van der Waals surface area (Å²) in [5.74, 6) is -2.33. The van der Waals surface area contributed by atoms with Crippen molar-refractivity contribution < 1.29 is 27.1 Å². The maximum atomic E-state index is 12.2. The molecule has 2 heterocycles. The van der Waals surface area contributed by atoms with Crippen LogP contribution in [0.5, 0.6) is 0 Å². The van der Waals surface area contributed by atoms with Gasteiger partial charge in [-0.15, -0.1) is 10.2 Å². The van der Waals surface area contributed by atoms with E-state index in [9.17, 15) is 18.0 Å². The Balaban J connectivity index is 2.20. The molecule has 1 unspecified atom stereocenters. The van der Waals surface area contributed by atoms with Crippen LogP contribution in [0.3, 0.4) is 0 Å². The summed E-state index contributed by atoms with van der Waals surface area (Å²) in [6, 6.07) is 0. The van der Waals surface area contributed by atoms with Crippen LogP contribution in [0.4, 0.5) is 13.2 Å². The number of nitrogens with zero attached hydrogens (tertiary/aromatic N) is 3. The van der Waals surface area contributed by atoms with E-state index >= 15 is 0 Å². The van der Waals surface area contributed by atoms with Gasteiger partial charge < -0.3 is 14.9 Å². The third-order valence-electron chi connectivity index (χ3n) is 2.29. The summed E-state index contributed by atoms with van der Waals surface area (Å²) in [6.45, 7) is 1.51. The lowest BCUT2D eigenvalue weighted by atomic mass is 10.2. The highest BCUT2D eigenvalue weighted by molar-refractivity contribution is 6.03. The Morgan fingerprint density at radius 3 is 2.75 bits per heavy atom. The Hall–Kier alpha value is -2.23. The van der Waals surface area contributed by atoms with Gasteiger partial charge in [0.05, 0.1) is 12.1 Å². The molecule has 108 valence electrons. The molecule has 1 aromatic heterocycles. The van der Waals surface area contributed by atoms with Gasteiger partial charge in [-0.2, -0.15) is 13.2 Å². The van der Waals surface area contributed by atoms with Gasteiger partial charge in [0.15, 0.2) is 0 Å². The first-order chi connectivity index (χ1) is 9.31. The molecule has 20 heavy (non-hydrogen) atoms. The Labute approximate surface area is 110 Å². The first-order valence-electron chi connectivity index (χ1n) is 5.38. The van der Waals surface area contributed by atoms with E-state index in [1.165, 1.54) is 13.0 Å². The Morgan fingerprint density at radius 2 is 2.20 bits per heavy atom. The van der Waals surface area contributed by atoms with Crippen LogP contribution in [-0.2, 0) is 16.1 Å². The summed E-state index contributed by atoms with van der Waals surface area (Å²) in [5, 5.41) is 7.18. The number of ether oxygens (including phenoxy) is 1. The van der Waals surface area contributed by atoms with Crippen LogP contribution in [0.15, 0.2) is 15.5 Å². The number of hydrogen-bond donors (Lipinski definition) is 1. The number of alkyl halides is 3. The average molecular weight is 290 g/mol. The van der Waals surface area contributed by atoms with Crippen molar-refractivity contribution in [3.8, 4) is 0 Å². The van der Waals surface area contributed by atoms with Crippen molar-refractivity contribution in [2.24, 2.45) is 10.7 Å². The molecular formula is C10H9F3N4O3. The highest BCUT2D eigenvalue weighted by atomic mass is 19.4. The fourth-order valence-corrected chi connectivity index (χ4v) is 1.47. The number of hydrogen-bond acceptors (Lipinski definition) is 7. The number of halogens is 3. The van der Waals surface area contributed by atoms with Gasteiger partial charge in [0, 0.05) is 5.71 Å². The van der Waals surface area contributed by atoms with Gasteiger partial charge in [-0.25, -0.2) is 9.79 Å². The third kappa shape index (κ3) is 2.85. The first-order valence-corrected chi connectivity index (χ1v) is 5.38.